The first-order chi connectivity index (χ1) is 16.1. The average molecular weight is 487 g/mol. The number of rotatable bonds is 5. The number of nitrogens with one attached hydrogen (secondary N) is 1. The van der Waals surface area contributed by atoms with Crippen LogP contribution in [0.2, 0.25) is 0 Å². The maximum Gasteiger partial charge on any atom is 0.293 e. The van der Waals surface area contributed by atoms with Crippen LogP contribution in [0.1, 0.15) is 58.3 Å². The fourth-order valence-corrected chi connectivity index (χ4v) is 6.06. The van der Waals surface area contributed by atoms with E-state index in [9.17, 15) is 19.7 Å². The minimum Gasteiger partial charge on any atom is -0.378 e. The van der Waals surface area contributed by atoms with Crippen LogP contribution >= 0.6 is 11.3 Å². The van der Waals surface area contributed by atoms with Crippen molar-refractivity contribution in [1.82, 2.24) is 0 Å². The molecule has 0 unspecified atom stereocenters. The van der Waals surface area contributed by atoms with Crippen LogP contribution in [0, 0.1) is 21.4 Å². The molecule has 0 bridgehead atoms. The Labute approximate surface area is 202 Å². The Hall–Kier alpha value is -2.98. The van der Waals surface area contributed by atoms with Gasteiger partial charge in [0.1, 0.15) is 10.7 Å². The molecule has 0 saturated carbocycles. The summed E-state index contributed by atoms with van der Waals surface area (Å²) in [6.07, 6.45) is 2.52. The maximum atomic E-state index is 13.1. The predicted molar refractivity (Wildman–Crippen MR) is 132 cm³/mol. The minimum atomic E-state index is -0.573. The molecule has 10 heteroatoms. The third-order valence-electron chi connectivity index (χ3n) is 6.75. The van der Waals surface area contributed by atoms with E-state index in [1.165, 1.54) is 17.4 Å². The molecule has 0 radical (unpaired) electrons. The number of carbonyl (C=O) groups is 2. The Bertz CT molecular complexity index is 1130. The van der Waals surface area contributed by atoms with Gasteiger partial charge in [0.05, 0.1) is 23.7 Å². The van der Waals surface area contributed by atoms with E-state index in [2.05, 4.69) is 26.1 Å². The van der Waals surface area contributed by atoms with Gasteiger partial charge in [0.15, 0.2) is 0 Å². The SMILES string of the molecule is CC(C)(C)[C@H]1CCc2c(sc(NC(=O)c3ccc(N4CCOCC4)c([N+](=O)[O-])c3)c2C(N)=O)C1. The number of hydrogen-bond acceptors (Lipinski definition) is 7. The highest BCUT2D eigenvalue weighted by molar-refractivity contribution is 7.17. The Morgan fingerprint density at radius 3 is 2.59 bits per heavy atom. The number of amides is 2. The van der Waals surface area contributed by atoms with Crippen molar-refractivity contribution >= 4 is 39.5 Å². The van der Waals surface area contributed by atoms with Crippen LogP contribution in [0.25, 0.3) is 0 Å². The summed E-state index contributed by atoms with van der Waals surface area (Å²) in [5.74, 6) is -0.612. The number of nitrogens with zero attached hydrogens (tertiary/aromatic N) is 2. The van der Waals surface area contributed by atoms with Gasteiger partial charge < -0.3 is 20.7 Å². The second-order valence-corrected chi connectivity index (χ2v) is 11.0. The van der Waals surface area contributed by atoms with Crippen molar-refractivity contribution in [1.29, 1.82) is 0 Å². The van der Waals surface area contributed by atoms with Crippen molar-refractivity contribution in [3.8, 4) is 0 Å². The molecule has 1 aromatic carbocycles. The van der Waals surface area contributed by atoms with Gasteiger partial charge in [-0.3, -0.25) is 19.7 Å². The second kappa shape index (κ2) is 9.34. The number of morpholine rings is 1. The minimum absolute atomic E-state index is 0.136. The largest absolute Gasteiger partial charge is 0.378 e. The fourth-order valence-electron chi connectivity index (χ4n) is 4.73. The van der Waals surface area contributed by atoms with Crippen molar-refractivity contribution in [2.45, 2.75) is 40.0 Å². The molecule has 2 aliphatic rings. The van der Waals surface area contributed by atoms with Crippen LogP contribution in [0.4, 0.5) is 16.4 Å². The molecule has 4 rings (SSSR count). The van der Waals surface area contributed by atoms with E-state index in [0.29, 0.717) is 48.5 Å². The second-order valence-electron chi connectivity index (χ2n) is 9.89. The number of anilines is 2. The van der Waals surface area contributed by atoms with Gasteiger partial charge >= 0.3 is 0 Å². The van der Waals surface area contributed by atoms with Gasteiger partial charge in [-0.2, -0.15) is 0 Å². The standard InChI is InChI=1S/C24H30N4O5S/c1-24(2,3)15-5-6-16-19(13-15)34-23(20(16)21(25)29)26-22(30)14-4-7-17(18(12-14)28(31)32)27-8-10-33-11-9-27/h4,7,12,15H,5-6,8-11,13H2,1-3H3,(H2,25,29)(H,26,30)/t15-/m0/s1. The van der Waals surface area contributed by atoms with Crippen molar-refractivity contribution < 1.29 is 19.2 Å². The number of benzene rings is 1. The van der Waals surface area contributed by atoms with Crippen molar-refractivity contribution in [2.24, 2.45) is 17.1 Å². The van der Waals surface area contributed by atoms with E-state index in [0.717, 1.165) is 29.7 Å². The number of nitro groups is 1. The lowest BCUT2D eigenvalue weighted by molar-refractivity contribution is -0.384. The molecular weight excluding hydrogens is 456 g/mol. The predicted octanol–water partition coefficient (Wildman–Crippen LogP) is 4.00. The molecule has 1 aliphatic heterocycles. The third kappa shape index (κ3) is 4.78. The fraction of sp³-hybridized carbons (Fsp3) is 0.500. The number of nitro benzene ring substituents is 1. The van der Waals surface area contributed by atoms with Crippen LogP contribution in [-0.2, 0) is 17.6 Å². The van der Waals surface area contributed by atoms with E-state index in [-0.39, 0.29) is 16.7 Å². The molecule has 3 N–H and O–H groups in total. The molecular formula is C24H30N4O5S. The lowest BCUT2D eigenvalue weighted by atomic mass is 9.72. The first-order valence-electron chi connectivity index (χ1n) is 11.4. The van der Waals surface area contributed by atoms with Crippen LogP contribution < -0.4 is 16.0 Å². The maximum absolute atomic E-state index is 13.1. The lowest BCUT2D eigenvalue weighted by Crippen LogP contribution is -2.36. The highest BCUT2D eigenvalue weighted by Crippen LogP contribution is 2.44. The molecule has 1 atom stereocenters. The van der Waals surface area contributed by atoms with E-state index in [4.69, 9.17) is 10.5 Å². The average Bonchev–Trinajstić information content (AvgIpc) is 3.15. The van der Waals surface area contributed by atoms with Gasteiger partial charge in [-0.05, 0) is 48.3 Å². The normalized spacial score (nSPS) is 18.3. The van der Waals surface area contributed by atoms with Crippen LogP contribution in [0.5, 0.6) is 0 Å². The summed E-state index contributed by atoms with van der Waals surface area (Å²) in [5.41, 5.74) is 7.59. The van der Waals surface area contributed by atoms with Crippen LogP contribution in [0.15, 0.2) is 18.2 Å². The van der Waals surface area contributed by atoms with Gasteiger partial charge in [-0.25, -0.2) is 0 Å². The van der Waals surface area contributed by atoms with Gasteiger partial charge in [0, 0.05) is 29.6 Å². The van der Waals surface area contributed by atoms with E-state index in [1.807, 2.05) is 4.90 Å². The highest BCUT2D eigenvalue weighted by Gasteiger charge is 2.34. The zero-order valence-corrected chi connectivity index (χ0v) is 20.5. The van der Waals surface area contributed by atoms with Gasteiger partial charge in [0.2, 0.25) is 0 Å². The Kier molecular flexibility index (Phi) is 6.64. The smallest absolute Gasteiger partial charge is 0.293 e. The summed E-state index contributed by atoms with van der Waals surface area (Å²) >= 11 is 1.38. The summed E-state index contributed by atoms with van der Waals surface area (Å²) in [6, 6.07) is 4.45. The number of thiophene rings is 1. The molecule has 9 nitrogen and oxygen atoms in total. The molecule has 0 spiro atoms. The molecule has 2 heterocycles. The number of fused-ring (bicyclic) bond motifs is 1. The first kappa shape index (κ1) is 24.2. The van der Waals surface area contributed by atoms with Gasteiger partial charge in [0.25, 0.3) is 17.5 Å². The molecule has 2 aromatic rings. The molecule has 182 valence electrons. The topological polar surface area (TPSA) is 128 Å². The molecule has 34 heavy (non-hydrogen) atoms. The summed E-state index contributed by atoms with van der Waals surface area (Å²) in [5, 5.41) is 15.0. The summed E-state index contributed by atoms with van der Waals surface area (Å²) in [6.45, 7) is 8.71. The van der Waals surface area contributed by atoms with E-state index in [1.54, 1.807) is 12.1 Å². The quantitative estimate of drug-likeness (QED) is 0.486. The van der Waals surface area contributed by atoms with Crippen LogP contribution in [0.3, 0.4) is 0 Å². The van der Waals surface area contributed by atoms with E-state index >= 15 is 0 Å². The van der Waals surface area contributed by atoms with Crippen molar-refractivity contribution in [3.05, 3.63) is 49.9 Å². The highest BCUT2D eigenvalue weighted by atomic mass is 32.1. The van der Waals surface area contributed by atoms with Crippen molar-refractivity contribution in [2.75, 3.05) is 36.5 Å². The third-order valence-corrected chi connectivity index (χ3v) is 7.92. The lowest BCUT2D eigenvalue weighted by Gasteiger charge is -2.33. The Balaban J connectivity index is 1.62. The van der Waals surface area contributed by atoms with Gasteiger partial charge in [-0.15, -0.1) is 11.3 Å². The number of ether oxygens (including phenoxy) is 1. The van der Waals surface area contributed by atoms with Gasteiger partial charge in [-0.1, -0.05) is 20.8 Å². The first-order valence-corrected chi connectivity index (χ1v) is 12.2. The number of carbonyl (C=O) groups excluding carboxylic acids is 2. The zero-order valence-electron chi connectivity index (χ0n) is 19.7. The number of primary amides is 1. The van der Waals surface area contributed by atoms with E-state index < -0.39 is 16.7 Å². The van der Waals surface area contributed by atoms with Crippen LogP contribution in [-0.4, -0.2) is 43.0 Å². The van der Waals surface area contributed by atoms with Crippen molar-refractivity contribution in [3.63, 3.8) is 0 Å². The Morgan fingerprint density at radius 1 is 1.26 bits per heavy atom. The Morgan fingerprint density at radius 2 is 1.97 bits per heavy atom. The molecule has 1 aliphatic carbocycles. The molecule has 1 aromatic heterocycles. The number of hydrogen-bond donors (Lipinski definition) is 2. The monoisotopic (exact) mass is 486 g/mol. The summed E-state index contributed by atoms with van der Waals surface area (Å²) in [7, 11) is 0. The summed E-state index contributed by atoms with van der Waals surface area (Å²) in [4.78, 5) is 39.6. The zero-order chi connectivity index (χ0) is 24.6. The molecule has 2 amide bonds. The summed E-state index contributed by atoms with van der Waals surface area (Å²) < 4.78 is 5.33. The molecule has 1 fully saturated rings. The molecule has 1 saturated heterocycles. The number of nitrogens with two attached hydrogens (primary N) is 1.